The minimum Gasteiger partial charge on any atom is -0.317 e. The van der Waals surface area contributed by atoms with Crippen molar-refractivity contribution in [3.05, 3.63) is 0 Å². The van der Waals surface area contributed by atoms with Crippen LogP contribution in [0.2, 0.25) is 0 Å². The highest BCUT2D eigenvalue weighted by molar-refractivity contribution is 5.15. The van der Waals surface area contributed by atoms with Gasteiger partial charge in [0.1, 0.15) is 0 Å². The molecule has 3 saturated carbocycles. The van der Waals surface area contributed by atoms with E-state index in [4.69, 9.17) is 0 Å². The summed E-state index contributed by atoms with van der Waals surface area (Å²) in [5, 5.41) is 3.65. The van der Waals surface area contributed by atoms with Gasteiger partial charge in [-0.15, -0.1) is 0 Å². The fourth-order valence-electron chi connectivity index (χ4n) is 5.44. The van der Waals surface area contributed by atoms with Gasteiger partial charge in [0.2, 0.25) is 0 Å². The Hall–Kier alpha value is -0.0400. The van der Waals surface area contributed by atoms with Crippen LogP contribution in [-0.4, -0.2) is 13.1 Å². The van der Waals surface area contributed by atoms with E-state index < -0.39 is 0 Å². The highest BCUT2D eigenvalue weighted by Crippen LogP contribution is 2.70. The molecule has 3 fully saturated rings. The first-order valence-corrected chi connectivity index (χ1v) is 7.93. The fraction of sp³-hybridized carbons (Fsp3) is 1.00. The Balaban J connectivity index is 1.57. The first-order chi connectivity index (χ1) is 8.26. The van der Waals surface area contributed by atoms with Gasteiger partial charge < -0.3 is 5.32 Å². The van der Waals surface area contributed by atoms with E-state index in [1.807, 2.05) is 0 Å². The zero-order chi connectivity index (χ0) is 12.0. The summed E-state index contributed by atoms with van der Waals surface area (Å²) in [6.45, 7) is 4.76. The van der Waals surface area contributed by atoms with Gasteiger partial charge in [0.05, 0.1) is 0 Å². The lowest BCUT2D eigenvalue weighted by Gasteiger charge is -2.23. The smallest absolute Gasteiger partial charge is 0.0101 e. The minimum atomic E-state index is 0.829. The molecule has 0 aromatic carbocycles. The van der Waals surface area contributed by atoms with Gasteiger partial charge in [0, 0.05) is 6.04 Å². The Labute approximate surface area is 107 Å². The standard InChI is InChI=1S/C16H29N/c1-4-5-10(2)8-13(17-3)16-14-11-6-7-12(9-11)15(14)16/h10-17H,4-9H2,1-3H3. The van der Waals surface area contributed by atoms with Crippen LogP contribution in [0.5, 0.6) is 0 Å². The summed E-state index contributed by atoms with van der Waals surface area (Å²) in [6, 6.07) is 0.829. The van der Waals surface area contributed by atoms with E-state index >= 15 is 0 Å². The molecule has 6 atom stereocenters. The maximum Gasteiger partial charge on any atom is 0.0101 e. The van der Waals surface area contributed by atoms with Crippen molar-refractivity contribution in [2.24, 2.45) is 35.5 Å². The second kappa shape index (κ2) is 4.57. The third-order valence-corrected chi connectivity index (χ3v) is 6.07. The van der Waals surface area contributed by atoms with Gasteiger partial charge in [0.25, 0.3) is 0 Å². The largest absolute Gasteiger partial charge is 0.317 e. The van der Waals surface area contributed by atoms with Crippen LogP contribution in [0, 0.1) is 35.5 Å². The molecule has 0 aromatic heterocycles. The molecule has 0 aromatic rings. The van der Waals surface area contributed by atoms with Gasteiger partial charge in [-0.2, -0.15) is 0 Å². The van der Waals surface area contributed by atoms with Crippen LogP contribution in [0.25, 0.3) is 0 Å². The van der Waals surface area contributed by atoms with Crippen LogP contribution in [-0.2, 0) is 0 Å². The Morgan fingerprint density at radius 3 is 2.35 bits per heavy atom. The molecule has 3 aliphatic carbocycles. The molecular weight excluding hydrogens is 206 g/mol. The van der Waals surface area contributed by atoms with Gasteiger partial charge in [-0.1, -0.05) is 26.7 Å². The van der Waals surface area contributed by atoms with Crippen molar-refractivity contribution in [3.63, 3.8) is 0 Å². The van der Waals surface area contributed by atoms with Gasteiger partial charge in [0.15, 0.2) is 0 Å². The maximum atomic E-state index is 3.65. The molecule has 0 radical (unpaired) electrons. The highest BCUT2D eigenvalue weighted by Gasteiger charge is 2.66. The van der Waals surface area contributed by atoms with Crippen LogP contribution in [0.1, 0.15) is 52.4 Å². The molecule has 0 spiro atoms. The number of hydrogen-bond acceptors (Lipinski definition) is 1. The third kappa shape index (κ3) is 1.95. The van der Waals surface area contributed by atoms with Crippen molar-refractivity contribution in [2.75, 3.05) is 7.05 Å². The zero-order valence-electron chi connectivity index (χ0n) is 11.8. The third-order valence-electron chi connectivity index (χ3n) is 6.07. The van der Waals surface area contributed by atoms with Crippen molar-refractivity contribution in [1.82, 2.24) is 5.32 Å². The van der Waals surface area contributed by atoms with E-state index in [1.54, 1.807) is 19.3 Å². The summed E-state index contributed by atoms with van der Waals surface area (Å²) in [4.78, 5) is 0. The van der Waals surface area contributed by atoms with E-state index in [1.165, 1.54) is 19.3 Å². The number of rotatable bonds is 6. The highest BCUT2D eigenvalue weighted by atomic mass is 14.9. The molecule has 1 nitrogen and oxygen atoms in total. The van der Waals surface area contributed by atoms with Gasteiger partial charge >= 0.3 is 0 Å². The van der Waals surface area contributed by atoms with Crippen molar-refractivity contribution >= 4 is 0 Å². The van der Waals surface area contributed by atoms with Crippen LogP contribution in [0.15, 0.2) is 0 Å². The normalized spacial score (nSPS) is 45.7. The molecule has 0 heterocycles. The molecule has 0 aliphatic heterocycles. The Morgan fingerprint density at radius 1 is 1.18 bits per heavy atom. The molecule has 17 heavy (non-hydrogen) atoms. The molecule has 3 rings (SSSR count). The molecular formula is C16H29N. The first kappa shape index (κ1) is 12.0. The predicted molar refractivity (Wildman–Crippen MR) is 72.8 cm³/mol. The summed E-state index contributed by atoms with van der Waals surface area (Å²) in [5.41, 5.74) is 0. The average molecular weight is 235 g/mol. The van der Waals surface area contributed by atoms with Crippen LogP contribution >= 0.6 is 0 Å². The second-order valence-corrected chi connectivity index (χ2v) is 7.09. The number of nitrogens with one attached hydrogen (secondary N) is 1. The van der Waals surface area contributed by atoms with E-state index in [2.05, 4.69) is 26.2 Å². The van der Waals surface area contributed by atoms with Crippen molar-refractivity contribution in [1.29, 1.82) is 0 Å². The average Bonchev–Trinajstić information content (AvgIpc) is 2.75. The molecule has 6 unspecified atom stereocenters. The lowest BCUT2D eigenvalue weighted by atomic mass is 9.90. The predicted octanol–water partition coefficient (Wildman–Crippen LogP) is 3.69. The monoisotopic (exact) mass is 235 g/mol. The molecule has 3 aliphatic rings. The molecule has 1 N–H and O–H groups in total. The second-order valence-electron chi connectivity index (χ2n) is 7.09. The zero-order valence-corrected chi connectivity index (χ0v) is 11.8. The SMILES string of the molecule is CCCC(C)CC(NC)C1C2C3CCC(C3)C21. The molecule has 0 saturated heterocycles. The lowest BCUT2D eigenvalue weighted by molar-refractivity contribution is 0.319. The fourth-order valence-corrected chi connectivity index (χ4v) is 5.44. The molecule has 2 bridgehead atoms. The first-order valence-electron chi connectivity index (χ1n) is 7.93. The topological polar surface area (TPSA) is 12.0 Å². The maximum absolute atomic E-state index is 3.65. The van der Waals surface area contributed by atoms with E-state index in [9.17, 15) is 0 Å². The Morgan fingerprint density at radius 2 is 1.82 bits per heavy atom. The van der Waals surface area contributed by atoms with Gasteiger partial charge in [-0.25, -0.2) is 0 Å². The van der Waals surface area contributed by atoms with Crippen LogP contribution < -0.4 is 5.32 Å². The molecule has 1 heteroatoms. The quantitative estimate of drug-likeness (QED) is 0.740. The van der Waals surface area contributed by atoms with Crippen LogP contribution in [0.3, 0.4) is 0 Å². The summed E-state index contributed by atoms with van der Waals surface area (Å²) in [6.07, 6.45) is 8.88. The number of hydrogen-bond donors (Lipinski definition) is 1. The number of fused-ring (bicyclic) bond motifs is 5. The van der Waals surface area contributed by atoms with E-state index in [-0.39, 0.29) is 0 Å². The Bertz CT molecular complexity index is 259. The van der Waals surface area contributed by atoms with Crippen LogP contribution in [0.4, 0.5) is 0 Å². The summed E-state index contributed by atoms with van der Waals surface area (Å²) < 4.78 is 0. The van der Waals surface area contributed by atoms with E-state index in [0.29, 0.717) is 0 Å². The Kier molecular flexibility index (Phi) is 3.23. The van der Waals surface area contributed by atoms with Gasteiger partial charge in [-0.05, 0) is 68.2 Å². The lowest BCUT2D eigenvalue weighted by Crippen LogP contribution is -2.32. The summed E-state index contributed by atoms with van der Waals surface area (Å²) >= 11 is 0. The van der Waals surface area contributed by atoms with E-state index in [0.717, 1.165) is 41.5 Å². The van der Waals surface area contributed by atoms with Crippen molar-refractivity contribution < 1.29 is 0 Å². The molecule has 0 amide bonds. The molecule has 98 valence electrons. The van der Waals surface area contributed by atoms with Gasteiger partial charge in [-0.3, -0.25) is 0 Å². The van der Waals surface area contributed by atoms with Crippen molar-refractivity contribution in [3.8, 4) is 0 Å². The summed E-state index contributed by atoms with van der Waals surface area (Å²) in [5.74, 6) is 6.52. The van der Waals surface area contributed by atoms with Crippen molar-refractivity contribution in [2.45, 2.75) is 58.4 Å². The minimum absolute atomic E-state index is 0.829. The summed E-state index contributed by atoms with van der Waals surface area (Å²) in [7, 11) is 2.19.